The first-order chi connectivity index (χ1) is 12.2. The smallest absolute Gasteiger partial charge is 0.317 e. The van der Waals surface area contributed by atoms with Gasteiger partial charge < -0.3 is 15.5 Å². The highest BCUT2D eigenvalue weighted by Gasteiger charge is 2.25. The lowest BCUT2D eigenvalue weighted by molar-refractivity contribution is -0.118. The van der Waals surface area contributed by atoms with Crippen molar-refractivity contribution in [1.82, 2.24) is 15.5 Å². The van der Waals surface area contributed by atoms with E-state index in [1.54, 1.807) is 12.1 Å². The van der Waals surface area contributed by atoms with Gasteiger partial charge in [0, 0.05) is 30.1 Å². The normalized spacial score (nSPS) is 15.6. The van der Waals surface area contributed by atoms with E-state index in [-0.39, 0.29) is 23.3 Å². The minimum Gasteiger partial charge on any atom is -0.355 e. The number of nitrogens with one attached hydrogen (secondary N) is 2. The molecule has 0 radical (unpaired) electrons. The highest BCUT2D eigenvalue weighted by Crippen LogP contribution is 2.19. The summed E-state index contributed by atoms with van der Waals surface area (Å²) < 4.78 is 12.9. The molecule has 1 aliphatic rings. The van der Waals surface area contributed by atoms with Crippen molar-refractivity contribution in [3.05, 3.63) is 30.1 Å². The third-order valence-corrected chi connectivity index (χ3v) is 5.17. The van der Waals surface area contributed by atoms with Crippen molar-refractivity contribution in [3.8, 4) is 0 Å². The molecule has 1 saturated heterocycles. The lowest BCUT2D eigenvalue weighted by Crippen LogP contribution is -2.51. The van der Waals surface area contributed by atoms with Gasteiger partial charge >= 0.3 is 6.03 Å². The Morgan fingerprint density at radius 3 is 2.38 bits per heavy atom. The van der Waals surface area contributed by atoms with Crippen LogP contribution in [0.5, 0.6) is 0 Å². The SMILES string of the molecule is CC(C)(C)NC(=O)N1CCC(CNC(=O)CSc2ccc(F)cc2)CC1. The zero-order valence-electron chi connectivity index (χ0n) is 15.7. The summed E-state index contributed by atoms with van der Waals surface area (Å²) in [6, 6.07) is 6.11. The Morgan fingerprint density at radius 2 is 1.81 bits per heavy atom. The number of rotatable bonds is 5. The fraction of sp³-hybridized carbons (Fsp3) is 0.579. The van der Waals surface area contributed by atoms with Crippen molar-refractivity contribution in [1.29, 1.82) is 0 Å². The number of amides is 3. The number of hydrogen-bond acceptors (Lipinski definition) is 3. The number of likely N-dealkylation sites (tertiary alicyclic amines) is 1. The van der Waals surface area contributed by atoms with Gasteiger partial charge in [-0.3, -0.25) is 4.79 Å². The monoisotopic (exact) mass is 381 g/mol. The molecule has 1 fully saturated rings. The van der Waals surface area contributed by atoms with Crippen LogP contribution in [0.25, 0.3) is 0 Å². The van der Waals surface area contributed by atoms with Gasteiger partial charge in [-0.05, 0) is 63.8 Å². The highest BCUT2D eigenvalue weighted by atomic mass is 32.2. The van der Waals surface area contributed by atoms with Crippen LogP contribution >= 0.6 is 11.8 Å². The van der Waals surface area contributed by atoms with Crippen LogP contribution < -0.4 is 10.6 Å². The molecule has 0 saturated carbocycles. The fourth-order valence-corrected chi connectivity index (χ4v) is 3.46. The Labute approximate surface area is 159 Å². The molecule has 144 valence electrons. The number of carbonyl (C=O) groups excluding carboxylic acids is 2. The van der Waals surface area contributed by atoms with Gasteiger partial charge in [0.2, 0.25) is 5.91 Å². The molecule has 2 rings (SSSR count). The summed E-state index contributed by atoms with van der Waals surface area (Å²) in [4.78, 5) is 26.8. The molecule has 1 heterocycles. The number of halogens is 1. The molecule has 0 unspecified atom stereocenters. The second kappa shape index (κ2) is 9.26. The lowest BCUT2D eigenvalue weighted by Gasteiger charge is -2.34. The lowest BCUT2D eigenvalue weighted by atomic mass is 9.97. The number of carbonyl (C=O) groups is 2. The Balaban J connectivity index is 1.64. The van der Waals surface area contributed by atoms with Crippen LogP contribution in [0, 0.1) is 11.7 Å². The number of thioether (sulfide) groups is 1. The quantitative estimate of drug-likeness (QED) is 0.770. The molecule has 7 heteroatoms. The second-order valence-electron chi connectivity index (χ2n) is 7.66. The van der Waals surface area contributed by atoms with E-state index in [1.807, 2.05) is 25.7 Å². The zero-order valence-corrected chi connectivity index (χ0v) is 16.5. The van der Waals surface area contributed by atoms with E-state index < -0.39 is 0 Å². The van der Waals surface area contributed by atoms with Gasteiger partial charge in [0.05, 0.1) is 5.75 Å². The van der Waals surface area contributed by atoms with Crippen LogP contribution in [0.15, 0.2) is 29.2 Å². The Kier molecular flexibility index (Phi) is 7.32. The third kappa shape index (κ3) is 7.23. The molecule has 26 heavy (non-hydrogen) atoms. The standard InChI is InChI=1S/C19H28FN3O2S/c1-19(2,3)22-18(25)23-10-8-14(9-11-23)12-21-17(24)13-26-16-6-4-15(20)5-7-16/h4-7,14H,8-13H2,1-3H3,(H,21,24)(H,22,25). The average Bonchev–Trinajstić information content (AvgIpc) is 2.58. The first-order valence-electron chi connectivity index (χ1n) is 8.95. The van der Waals surface area contributed by atoms with Gasteiger partial charge in [-0.2, -0.15) is 0 Å². The van der Waals surface area contributed by atoms with E-state index in [0.29, 0.717) is 31.3 Å². The van der Waals surface area contributed by atoms with Gasteiger partial charge in [-0.15, -0.1) is 11.8 Å². The minimum atomic E-state index is -0.277. The van der Waals surface area contributed by atoms with E-state index in [0.717, 1.165) is 17.7 Å². The number of piperidine rings is 1. The summed E-state index contributed by atoms with van der Waals surface area (Å²) in [6.45, 7) is 7.97. The van der Waals surface area contributed by atoms with E-state index in [4.69, 9.17) is 0 Å². The maximum Gasteiger partial charge on any atom is 0.317 e. The predicted molar refractivity (Wildman–Crippen MR) is 103 cm³/mol. The van der Waals surface area contributed by atoms with Crippen LogP contribution in [0.4, 0.5) is 9.18 Å². The van der Waals surface area contributed by atoms with E-state index >= 15 is 0 Å². The molecule has 0 aliphatic carbocycles. The maximum atomic E-state index is 12.9. The number of urea groups is 1. The van der Waals surface area contributed by atoms with Crippen molar-refractivity contribution in [2.24, 2.45) is 5.92 Å². The van der Waals surface area contributed by atoms with Crippen LogP contribution in [0.1, 0.15) is 33.6 Å². The van der Waals surface area contributed by atoms with Gasteiger partial charge in [0.1, 0.15) is 5.82 Å². The highest BCUT2D eigenvalue weighted by molar-refractivity contribution is 8.00. The van der Waals surface area contributed by atoms with Crippen molar-refractivity contribution in [2.45, 2.75) is 44.0 Å². The largest absolute Gasteiger partial charge is 0.355 e. The molecular weight excluding hydrogens is 353 g/mol. The van der Waals surface area contributed by atoms with E-state index in [2.05, 4.69) is 10.6 Å². The summed E-state index contributed by atoms with van der Waals surface area (Å²) in [5, 5.41) is 5.94. The van der Waals surface area contributed by atoms with Crippen LogP contribution in [-0.4, -0.2) is 47.8 Å². The average molecular weight is 382 g/mol. The second-order valence-corrected chi connectivity index (χ2v) is 8.71. The maximum absolute atomic E-state index is 12.9. The first kappa shape index (κ1) is 20.6. The molecular formula is C19H28FN3O2S. The predicted octanol–water partition coefficient (Wildman–Crippen LogP) is 3.25. The molecule has 5 nitrogen and oxygen atoms in total. The van der Waals surface area contributed by atoms with Crippen LogP contribution in [0.2, 0.25) is 0 Å². The fourth-order valence-electron chi connectivity index (χ4n) is 2.73. The zero-order chi connectivity index (χ0) is 19.2. The number of hydrogen-bond donors (Lipinski definition) is 2. The number of nitrogens with zero attached hydrogens (tertiary/aromatic N) is 1. The van der Waals surface area contributed by atoms with Crippen molar-refractivity contribution >= 4 is 23.7 Å². The molecule has 3 amide bonds. The van der Waals surface area contributed by atoms with Gasteiger partial charge in [0.15, 0.2) is 0 Å². The van der Waals surface area contributed by atoms with Gasteiger partial charge in [-0.1, -0.05) is 0 Å². The molecule has 1 aromatic rings. The van der Waals surface area contributed by atoms with E-state index in [1.165, 1.54) is 23.9 Å². The summed E-state index contributed by atoms with van der Waals surface area (Å²) in [6.07, 6.45) is 1.78. The summed E-state index contributed by atoms with van der Waals surface area (Å²) >= 11 is 1.39. The molecule has 0 atom stereocenters. The Hall–Kier alpha value is -1.76. The summed E-state index contributed by atoms with van der Waals surface area (Å²) in [7, 11) is 0. The topological polar surface area (TPSA) is 61.4 Å². The van der Waals surface area contributed by atoms with Crippen LogP contribution in [0.3, 0.4) is 0 Å². The number of benzene rings is 1. The van der Waals surface area contributed by atoms with Crippen molar-refractivity contribution < 1.29 is 14.0 Å². The minimum absolute atomic E-state index is 0.0179. The summed E-state index contributed by atoms with van der Waals surface area (Å²) in [5.41, 5.74) is -0.232. The molecule has 0 aromatic heterocycles. The molecule has 0 spiro atoms. The van der Waals surface area contributed by atoms with Crippen LogP contribution in [-0.2, 0) is 4.79 Å². The van der Waals surface area contributed by atoms with Crippen molar-refractivity contribution in [2.75, 3.05) is 25.4 Å². The Morgan fingerprint density at radius 1 is 1.19 bits per heavy atom. The molecule has 0 bridgehead atoms. The van der Waals surface area contributed by atoms with Gasteiger partial charge in [-0.25, -0.2) is 9.18 Å². The third-order valence-electron chi connectivity index (χ3n) is 4.16. The first-order valence-corrected chi connectivity index (χ1v) is 9.93. The molecule has 1 aliphatic heterocycles. The van der Waals surface area contributed by atoms with Crippen molar-refractivity contribution in [3.63, 3.8) is 0 Å². The van der Waals surface area contributed by atoms with E-state index in [9.17, 15) is 14.0 Å². The summed E-state index contributed by atoms with van der Waals surface area (Å²) in [5.74, 6) is 0.417. The molecule has 2 N–H and O–H groups in total. The molecule has 1 aromatic carbocycles. The Bertz CT molecular complexity index is 608. The van der Waals surface area contributed by atoms with Gasteiger partial charge in [0.25, 0.3) is 0 Å².